The summed E-state index contributed by atoms with van der Waals surface area (Å²) in [5.74, 6) is -0.287. The van der Waals surface area contributed by atoms with E-state index in [1.165, 1.54) is 24.5 Å². The van der Waals surface area contributed by atoms with Crippen LogP contribution in [-0.4, -0.2) is 57.8 Å². The summed E-state index contributed by atoms with van der Waals surface area (Å²) in [5.41, 5.74) is 0.741. The van der Waals surface area contributed by atoms with Gasteiger partial charge >= 0.3 is 0 Å². The Labute approximate surface area is 178 Å². The topological polar surface area (TPSA) is 91.6 Å². The van der Waals surface area contributed by atoms with Crippen LogP contribution in [0.1, 0.15) is 32.3 Å². The van der Waals surface area contributed by atoms with Gasteiger partial charge in [0.25, 0.3) is 11.8 Å². The predicted molar refractivity (Wildman–Crippen MR) is 109 cm³/mol. The van der Waals surface area contributed by atoms with Crippen molar-refractivity contribution in [3.8, 4) is 0 Å². The van der Waals surface area contributed by atoms with Crippen LogP contribution in [0.4, 0.5) is 4.39 Å². The normalized spacial score (nSPS) is 14.4. The largest absolute Gasteiger partial charge is 0.468 e. The number of amides is 2. The average Bonchev–Trinajstić information content (AvgIpc) is 3.31. The average molecular weight is 423 g/mol. The number of hydrogen-bond donors (Lipinski definition) is 1. The first-order valence-corrected chi connectivity index (χ1v) is 9.98. The predicted octanol–water partition coefficient (Wildman–Crippen LogP) is 2.10. The molecule has 4 rings (SSSR count). The molecule has 0 unspecified atom stereocenters. The molecule has 3 heterocycles. The van der Waals surface area contributed by atoms with Gasteiger partial charge in [-0.25, -0.2) is 14.4 Å². The maximum absolute atomic E-state index is 13.0. The van der Waals surface area contributed by atoms with Gasteiger partial charge in [-0.15, -0.1) is 0 Å². The zero-order chi connectivity index (χ0) is 21.6. The van der Waals surface area contributed by atoms with E-state index in [2.05, 4.69) is 20.2 Å². The van der Waals surface area contributed by atoms with Gasteiger partial charge in [0.15, 0.2) is 11.4 Å². The maximum atomic E-state index is 13.0. The van der Waals surface area contributed by atoms with E-state index >= 15 is 0 Å². The minimum Gasteiger partial charge on any atom is -0.468 e. The number of piperazine rings is 1. The van der Waals surface area contributed by atoms with Gasteiger partial charge in [0.1, 0.15) is 11.6 Å². The lowest BCUT2D eigenvalue weighted by atomic mass is 10.2. The zero-order valence-corrected chi connectivity index (χ0v) is 16.8. The van der Waals surface area contributed by atoms with E-state index < -0.39 is 5.91 Å². The first-order valence-electron chi connectivity index (χ1n) is 9.98. The Bertz CT molecular complexity index is 1030. The standard InChI is InChI=1S/C22H22FN5O3/c23-17-5-3-16(4-6-17)14-26-21(29)19-20(25-8-7-24-19)22(30)28-11-9-27(10-12-28)15-18-2-1-13-31-18/h1-8,13H,9-12,14-15H2,(H,26,29). The van der Waals surface area contributed by atoms with Gasteiger partial charge in [-0.05, 0) is 29.8 Å². The molecule has 0 atom stereocenters. The molecule has 1 N–H and O–H groups in total. The molecular formula is C22H22FN5O3. The Morgan fingerprint density at radius 3 is 2.39 bits per heavy atom. The third-order valence-corrected chi connectivity index (χ3v) is 5.10. The monoisotopic (exact) mass is 423 g/mol. The van der Waals surface area contributed by atoms with Crippen LogP contribution in [0.15, 0.2) is 59.5 Å². The summed E-state index contributed by atoms with van der Waals surface area (Å²) < 4.78 is 18.4. The number of hydrogen-bond acceptors (Lipinski definition) is 6. The van der Waals surface area contributed by atoms with Gasteiger partial charge in [0.2, 0.25) is 0 Å². The fourth-order valence-electron chi connectivity index (χ4n) is 3.41. The van der Waals surface area contributed by atoms with Crippen molar-refractivity contribution in [2.75, 3.05) is 26.2 Å². The second-order valence-electron chi connectivity index (χ2n) is 7.21. The Balaban J connectivity index is 1.37. The molecule has 1 fully saturated rings. The number of benzene rings is 1. The fourth-order valence-corrected chi connectivity index (χ4v) is 3.41. The van der Waals surface area contributed by atoms with E-state index in [1.807, 2.05) is 12.1 Å². The van der Waals surface area contributed by atoms with Crippen LogP contribution in [-0.2, 0) is 13.1 Å². The third-order valence-electron chi connectivity index (χ3n) is 5.10. The summed E-state index contributed by atoms with van der Waals surface area (Å²) in [6.07, 6.45) is 4.42. The number of nitrogens with one attached hydrogen (secondary N) is 1. The minimum atomic E-state index is -0.503. The number of rotatable bonds is 6. The molecule has 3 aromatic rings. The lowest BCUT2D eigenvalue weighted by Gasteiger charge is -2.34. The molecule has 1 aliphatic rings. The summed E-state index contributed by atoms with van der Waals surface area (Å²) in [6, 6.07) is 9.59. The Morgan fingerprint density at radius 1 is 1.00 bits per heavy atom. The van der Waals surface area contributed by atoms with Crippen molar-refractivity contribution < 1.29 is 18.4 Å². The highest BCUT2D eigenvalue weighted by molar-refractivity contribution is 6.04. The number of aromatic nitrogens is 2. The van der Waals surface area contributed by atoms with Gasteiger partial charge in [-0.2, -0.15) is 0 Å². The van der Waals surface area contributed by atoms with Crippen LogP contribution in [0.25, 0.3) is 0 Å². The van der Waals surface area contributed by atoms with E-state index in [9.17, 15) is 14.0 Å². The molecule has 0 radical (unpaired) electrons. The van der Waals surface area contributed by atoms with Crippen molar-refractivity contribution in [2.24, 2.45) is 0 Å². The third kappa shape index (κ3) is 5.13. The molecule has 0 bridgehead atoms. The molecule has 8 nitrogen and oxygen atoms in total. The summed E-state index contributed by atoms with van der Waals surface area (Å²) in [4.78, 5) is 37.8. The van der Waals surface area contributed by atoms with E-state index in [1.54, 1.807) is 23.3 Å². The molecule has 0 saturated carbocycles. The number of halogens is 1. The van der Waals surface area contributed by atoms with Crippen molar-refractivity contribution in [1.82, 2.24) is 25.1 Å². The van der Waals surface area contributed by atoms with E-state index in [-0.39, 0.29) is 29.7 Å². The summed E-state index contributed by atoms with van der Waals surface area (Å²) in [5, 5.41) is 2.71. The molecule has 0 aliphatic carbocycles. The Morgan fingerprint density at radius 2 is 1.71 bits per heavy atom. The van der Waals surface area contributed by atoms with Gasteiger partial charge in [0.05, 0.1) is 12.8 Å². The molecule has 1 aromatic carbocycles. The Kier molecular flexibility index (Phi) is 6.32. The molecule has 2 aromatic heterocycles. The van der Waals surface area contributed by atoms with Crippen molar-refractivity contribution in [3.05, 3.63) is 83.6 Å². The number of furan rings is 1. The van der Waals surface area contributed by atoms with Gasteiger partial charge in [0, 0.05) is 45.1 Å². The lowest BCUT2D eigenvalue weighted by Crippen LogP contribution is -2.48. The summed E-state index contributed by atoms with van der Waals surface area (Å²) in [7, 11) is 0. The Hall–Kier alpha value is -3.59. The molecular weight excluding hydrogens is 401 g/mol. The van der Waals surface area contributed by atoms with E-state index in [4.69, 9.17) is 4.42 Å². The van der Waals surface area contributed by atoms with Crippen molar-refractivity contribution >= 4 is 11.8 Å². The maximum Gasteiger partial charge on any atom is 0.275 e. The molecule has 2 amide bonds. The second kappa shape index (κ2) is 9.48. The van der Waals surface area contributed by atoms with Crippen LogP contribution < -0.4 is 5.32 Å². The van der Waals surface area contributed by atoms with Crippen molar-refractivity contribution in [3.63, 3.8) is 0 Å². The van der Waals surface area contributed by atoms with Crippen LogP contribution in [0.2, 0.25) is 0 Å². The number of carbonyl (C=O) groups excluding carboxylic acids is 2. The van der Waals surface area contributed by atoms with Crippen molar-refractivity contribution in [1.29, 1.82) is 0 Å². The molecule has 31 heavy (non-hydrogen) atoms. The van der Waals surface area contributed by atoms with Crippen molar-refractivity contribution in [2.45, 2.75) is 13.1 Å². The first kappa shape index (κ1) is 20.7. The minimum absolute atomic E-state index is 0.0207. The van der Waals surface area contributed by atoms with E-state index in [0.717, 1.165) is 11.3 Å². The lowest BCUT2D eigenvalue weighted by molar-refractivity contribution is 0.0609. The number of nitrogens with zero attached hydrogens (tertiary/aromatic N) is 4. The highest BCUT2D eigenvalue weighted by atomic mass is 19.1. The molecule has 1 aliphatic heterocycles. The number of carbonyl (C=O) groups is 2. The van der Waals surface area contributed by atoms with E-state index in [0.29, 0.717) is 32.7 Å². The molecule has 0 spiro atoms. The first-order chi connectivity index (χ1) is 15.1. The smallest absolute Gasteiger partial charge is 0.275 e. The van der Waals surface area contributed by atoms with Crippen LogP contribution in [0.5, 0.6) is 0 Å². The molecule has 1 saturated heterocycles. The SMILES string of the molecule is O=C(NCc1ccc(F)cc1)c1nccnc1C(=O)N1CCN(Cc2ccco2)CC1. The summed E-state index contributed by atoms with van der Waals surface area (Å²) in [6.45, 7) is 3.31. The van der Waals surface area contributed by atoms with Gasteiger partial charge in [-0.1, -0.05) is 12.1 Å². The van der Waals surface area contributed by atoms with Crippen LogP contribution >= 0.6 is 0 Å². The van der Waals surface area contributed by atoms with Crippen LogP contribution in [0.3, 0.4) is 0 Å². The molecule has 9 heteroatoms. The second-order valence-corrected chi connectivity index (χ2v) is 7.21. The van der Waals surface area contributed by atoms with Gasteiger partial charge in [-0.3, -0.25) is 14.5 Å². The highest BCUT2D eigenvalue weighted by Crippen LogP contribution is 2.13. The zero-order valence-electron chi connectivity index (χ0n) is 16.8. The quantitative estimate of drug-likeness (QED) is 0.653. The highest BCUT2D eigenvalue weighted by Gasteiger charge is 2.27. The molecule has 160 valence electrons. The summed E-state index contributed by atoms with van der Waals surface area (Å²) >= 11 is 0. The van der Waals surface area contributed by atoms with Crippen LogP contribution in [0, 0.1) is 5.82 Å². The fraction of sp³-hybridized carbons (Fsp3) is 0.273. The van der Waals surface area contributed by atoms with Gasteiger partial charge < -0.3 is 14.6 Å².